The van der Waals surface area contributed by atoms with Gasteiger partial charge in [0.05, 0.1) is 34.2 Å². The van der Waals surface area contributed by atoms with Crippen LogP contribution in [0.5, 0.6) is 11.8 Å². The molecule has 4 amide bonds. The van der Waals surface area contributed by atoms with Crippen LogP contribution in [0.2, 0.25) is 0 Å². The molecule has 6 aliphatic heterocycles. The number of aromatic nitrogens is 3. The Labute approximate surface area is 444 Å². The number of terminal acetylenes is 1. The number of piperazine rings is 1. The number of amides is 4. The van der Waals surface area contributed by atoms with Gasteiger partial charge in [0.1, 0.15) is 41.2 Å². The standard InChI is InChI=1S/C57H63F2N11O7/c1-3-40-45(58)12-7-34-23-39(72)25-43(48(34)40)50-49(59)51-44(28-62-50)52(68-30-36-8-9-37(31-68)63-36)66-56(65-51)77-32-57-16-15-38(69(57)29-33(2)26-57)27-60-18-20-67(21-22-71)19-6-4-5-17-61-35-10-11-41-42(24-35)55(76)70(54(41)75)46-13-14-47(73)64-53(46)74/h1,7,10-12,23-25,28,36-38,46,60-61,63,71-72H,2,4-6,8-9,13-22,26-27,29-32H2,(H,64,73,74). The van der Waals surface area contributed by atoms with Crippen molar-refractivity contribution >= 4 is 56.8 Å². The van der Waals surface area contributed by atoms with Crippen LogP contribution in [0.15, 0.2) is 60.8 Å². The molecule has 20 heteroatoms. The molecule has 5 atom stereocenters. The normalized spacial score (nSPS) is 23.1. The summed E-state index contributed by atoms with van der Waals surface area (Å²) >= 11 is 0. The Balaban J connectivity index is 0.700. The van der Waals surface area contributed by atoms with Crippen molar-refractivity contribution in [3.8, 4) is 35.4 Å². The zero-order chi connectivity index (χ0) is 53.5. The largest absolute Gasteiger partial charge is 0.508 e. The van der Waals surface area contributed by atoms with Crippen LogP contribution in [-0.4, -0.2) is 165 Å². The summed E-state index contributed by atoms with van der Waals surface area (Å²) in [4.78, 5) is 72.5. The number of aliphatic hydroxyl groups is 1. The van der Waals surface area contributed by atoms with E-state index in [0.29, 0.717) is 48.5 Å². The van der Waals surface area contributed by atoms with E-state index in [-0.39, 0.29) is 100 Å². The molecule has 0 saturated carbocycles. The molecule has 6 N–H and O–H groups in total. The molecule has 2 bridgehead atoms. The van der Waals surface area contributed by atoms with Crippen molar-refractivity contribution in [2.45, 2.75) is 93.9 Å². The number of imide groups is 2. The number of fused-ring (bicyclic) bond motifs is 6. The van der Waals surface area contributed by atoms with Crippen molar-refractivity contribution in [1.82, 2.24) is 45.6 Å². The number of phenolic OH excluding ortho intramolecular Hbond substituents is 1. The van der Waals surface area contributed by atoms with Gasteiger partial charge >= 0.3 is 6.01 Å². The second kappa shape index (κ2) is 21.7. The molecule has 8 heterocycles. The Hall–Kier alpha value is -7.15. The molecule has 77 heavy (non-hydrogen) atoms. The molecule has 0 spiro atoms. The molecule has 0 radical (unpaired) electrons. The van der Waals surface area contributed by atoms with Crippen molar-refractivity contribution in [1.29, 1.82) is 0 Å². The van der Waals surface area contributed by atoms with Crippen LogP contribution in [-0.2, 0) is 9.59 Å². The number of piperidine rings is 1. The highest BCUT2D eigenvalue weighted by molar-refractivity contribution is 6.23. The lowest BCUT2D eigenvalue weighted by Gasteiger charge is -2.35. The maximum Gasteiger partial charge on any atom is 0.319 e. The van der Waals surface area contributed by atoms with E-state index in [1.54, 1.807) is 24.4 Å². The molecule has 5 aromatic rings. The van der Waals surface area contributed by atoms with E-state index in [0.717, 1.165) is 94.6 Å². The zero-order valence-electron chi connectivity index (χ0n) is 42.9. The maximum absolute atomic E-state index is 17.3. The molecular weight excluding hydrogens is 989 g/mol. The number of hydrogen-bond donors (Lipinski definition) is 6. The molecule has 402 valence electrons. The summed E-state index contributed by atoms with van der Waals surface area (Å²) in [6.07, 6.45) is 14.8. The van der Waals surface area contributed by atoms with Gasteiger partial charge in [0.2, 0.25) is 11.8 Å². The van der Waals surface area contributed by atoms with Crippen molar-refractivity contribution < 1.29 is 42.9 Å². The third-order valence-electron chi connectivity index (χ3n) is 16.4. The van der Waals surface area contributed by atoms with Crippen molar-refractivity contribution in [3.05, 3.63) is 89.1 Å². The van der Waals surface area contributed by atoms with Crippen LogP contribution in [0.1, 0.15) is 90.5 Å². The van der Waals surface area contributed by atoms with Gasteiger partial charge in [-0.05, 0) is 99.7 Å². The van der Waals surface area contributed by atoms with Gasteiger partial charge in [-0.3, -0.25) is 44.2 Å². The van der Waals surface area contributed by atoms with Gasteiger partial charge in [0, 0.05) is 99.7 Å². The van der Waals surface area contributed by atoms with Crippen LogP contribution in [0.25, 0.3) is 32.9 Å². The van der Waals surface area contributed by atoms with E-state index in [9.17, 15) is 29.4 Å². The highest BCUT2D eigenvalue weighted by Crippen LogP contribution is 2.45. The van der Waals surface area contributed by atoms with E-state index in [1.165, 1.54) is 24.3 Å². The van der Waals surface area contributed by atoms with Gasteiger partial charge in [-0.25, -0.2) is 8.78 Å². The number of pyridine rings is 1. The first-order valence-electron chi connectivity index (χ1n) is 26.8. The minimum Gasteiger partial charge on any atom is -0.508 e. The number of benzene rings is 3. The quantitative estimate of drug-likeness (QED) is 0.0266. The second-order valence-electron chi connectivity index (χ2n) is 21.4. The predicted molar refractivity (Wildman–Crippen MR) is 286 cm³/mol. The van der Waals surface area contributed by atoms with Crippen LogP contribution in [0.3, 0.4) is 0 Å². The number of nitrogens with one attached hydrogen (secondary N) is 4. The van der Waals surface area contributed by atoms with E-state index in [4.69, 9.17) is 21.1 Å². The van der Waals surface area contributed by atoms with Crippen molar-refractivity contribution in [2.75, 3.05) is 82.3 Å². The average Bonchev–Trinajstić information content (AvgIpc) is 4.25. The lowest BCUT2D eigenvalue weighted by molar-refractivity contribution is -0.136. The minimum absolute atomic E-state index is 0.00304. The van der Waals surface area contributed by atoms with E-state index in [1.807, 2.05) is 0 Å². The average molecular weight is 1050 g/mol. The third-order valence-corrected chi connectivity index (χ3v) is 16.4. The number of aromatic hydroxyl groups is 1. The van der Waals surface area contributed by atoms with Crippen molar-refractivity contribution in [2.24, 2.45) is 0 Å². The number of halogens is 2. The van der Waals surface area contributed by atoms with Gasteiger partial charge in [0.15, 0.2) is 5.82 Å². The van der Waals surface area contributed by atoms with Crippen LogP contribution >= 0.6 is 0 Å². The Kier molecular flexibility index (Phi) is 14.6. The van der Waals surface area contributed by atoms with Crippen LogP contribution in [0, 0.1) is 24.0 Å². The van der Waals surface area contributed by atoms with Gasteiger partial charge in [-0.1, -0.05) is 30.6 Å². The fourth-order valence-corrected chi connectivity index (χ4v) is 12.7. The Morgan fingerprint density at radius 1 is 0.935 bits per heavy atom. The second-order valence-corrected chi connectivity index (χ2v) is 21.4. The van der Waals surface area contributed by atoms with E-state index in [2.05, 4.69) is 53.5 Å². The Morgan fingerprint density at radius 2 is 1.75 bits per heavy atom. The molecule has 5 saturated heterocycles. The molecule has 3 aromatic carbocycles. The molecule has 2 aromatic heterocycles. The molecule has 6 aliphatic rings. The van der Waals surface area contributed by atoms with Crippen molar-refractivity contribution in [3.63, 3.8) is 0 Å². The summed E-state index contributed by atoms with van der Waals surface area (Å²) in [7, 11) is 0. The summed E-state index contributed by atoms with van der Waals surface area (Å²) in [6, 6.07) is 10.3. The number of nitrogens with zero attached hydrogens (tertiary/aromatic N) is 7. The first-order chi connectivity index (χ1) is 37.3. The fraction of sp³-hybridized carbons (Fsp3) is 0.456. The summed E-state index contributed by atoms with van der Waals surface area (Å²) < 4.78 is 39.0. The first kappa shape index (κ1) is 51.9. The fourth-order valence-electron chi connectivity index (χ4n) is 12.7. The smallest absolute Gasteiger partial charge is 0.319 e. The highest BCUT2D eigenvalue weighted by atomic mass is 19.1. The SMILES string of the molecule is C#Cc1c(F)ccc2cc(O)cc(-c3ncc4c(N5CC6CCC(C5)N6)nc(OCC56CCC(CNCCN(CCO)CCCCCNc7ccc8c(c7)C(=O)N(C7CCC(=O)NC7=O)C8=O)N5CC(=C)C6)nc4c3F)c12. The summed E-state index contributed by atoms with van der Waals surface area (Å²) in [5, 5.41) is 34.7. The summed E-state index contributed by atoms with van der Waals surface area (Å²) in [6.45, 7) is 11.1. The number of unbranched alkanes of at least 4 members (excludes halogenated alkanes) is 2. The zero-order valence-corrected chi connectivity index (χ0v) is 42.9. The molecule has 5 unspecified atom stereocenters. The number of carbonyl (C=O) groups excluding carboxylic acids is 4. The number of anilines is 2. The highest BCUT2D eigenvalue weighted by Gasteiger charge is 2.51. The molecular formula is C57H63F2N11O7. The van der Waals surface area contributed by atoms with E-state index < -0.39 is 41.3 Å². The van der Waals surface area contributed by atoms with Gasteiger partial charge in [-0.15, -0.1) is 6.42 Å². The first-order valence-corrected chi connectivity index (χ1v) is 26.8. The minimum atomic E-state index is -1.01. The molecule has 11 rings (SSSR count). The monoisotopic (exact) mass is 1050 g/mol. The number of aliphatic hydroxyl groups excluding tert-OH is 1. The van der Waals surface area contributed by atoms with Gasteiger partial charge in [-0.2, -0.15) is 9.97 Å². The summed E-state index contributed by atoms with van der Waals surface area (Å²) in [5.41, 5.74) is 1.87. The topological polar surface area (TPSA) is 218 Å². The summed E-state index contributed by atoms with van der Waals surface area (Å²) in [5.74, 6) is -0.762. The van der Waals surface area contributed by atoms with Gasteiger partial charge < -0.3 is 35.8 Å². The number of hydrogen-bond acceptors (Lipinski definition) is 16. The maximum atomic E-state index is 17.3. The molecule has 18 nitrogen and oxygen atoms in total. The lowest BCUT2D eigenvalue weighted by Crippen LogP contribution is -2.54. The predicted octanol–water partition coefficient (Wildman–Crippen LogP) is 4.86. The number of carbonyl (C=O) groups is 4. The number of ether oxygens (including phenoxy) is 1. The Bertz CT molecular complexity index is 3230. The van der Waals surface area contributed by atoms with E-state index >= 15 is 8.78 Å². The number of rotatable bonds is 20. The molecule has 5 fully saturated rings. The van der Waals surface area contributed by atoms with Gasteiger partial charge in [0.25, 0.3) is 11.8 Å². The number of phenols is 1. The van der Waals surface area contributed by atoms with Crippen LogP contribution in [0.4, 0.5) is 20.3 Å². The third kappa shape index (κ3) is 10.2. The molecule has 0 aliphatic carbocycles. The lowest BCUT2D eigenvalue weighted by atomic mass is 9.94. The van der Waals surface area contributed by atoms with Crippen LogP contribution < -0.4 is 30.9 Å². The Morgan fingerprint density at radius 3 is 2.55 bits per heavy atom.